The summed E-state index contributed by atoms with van der Waals surface area (Å²) < 4.78 is 0. The van der Waals surface area contributed by atoms with E-state index in [0.29, 0.717) is 17.6 Å². The first-order chi connectivity index (χ1) is 10.7. The van der Waals surface area contributed by atoms with Gasteiger partial charge in [-0.05, 0) is 54.3 Å². The lowest BCUT2D eigenvalue weighted by Gasteiger charge is -2.20. The highest BCUT2D eigenvalue weighted by Gasteiger charge is 2.31. The number of aromatic nitrogens is 1. The summed E-state index contributed by atoms with van der Waals surface area (Å²) in [5, 5.41) is 0.672. The van der Waals surface area contributed by atoms with Crippen LogP contribution in [-0.2, 0) is 11.3 Å². The van der Waals surface area contributed by atoms with Gasteiger partial charge in [0.2, 0.25) is 5.91 Å². The second kappa shape index (κ2) is 6.75. The van der Waals surface area contributed by atoms with Gasteiger partial charge in [-0.25, -0.2) is 0 Å². The first-order valence-electron chi connectivity index (χ1n) is 7.35. The molecule has 4 heteroatoms. The number of hydrogen-bond acceptors (Lipinski definition) is 2. The molecule has 0 spiro atoms. The maximum atomic E-state index is 12.5. The fraction of sp³-hybridized carbons (Fsp3) is 0.222. The maximum Gasteiger partial charge on any atom is 0.247 e. The Morgan fingerprint density at radius 3 is 2.73 bits per heavy atom. The highest BCUT2D eigenvalue weighted by Crippen LogP contribution is 2.28. The summed E-state index contributed by atoms with van der Waals surface area (Å²) in [6.07, 6.45) is 9.13. The van der Waals surface area contributed by atoms with Crippen LogP contribution in [0.25, 0.3) is 6.08 Å². The second-order valence-corrected chi connectivity index (χ2v) is 5.88. The minimum Gasteiger partial charge on any atom is -0.332 e. The summed E-state index contributed by atoms with van der Waals surface area (Å²) in [4.78, 5) is 18.4. The largest absolute Gasteiger partial charge is 0.332 e. The maximum absolute atomic E-state index is 12.5. The van der Waals surface area contributed by atoms with Crippen molar-refractivity contribution < 1.29 is 4.79 Å². The van der Waals surface area contributed by atoms with Gasteiger partial charge in [-0.3, -0.25) is 9.78 Å². The quantitative estimate of drug-likeness (QED) is 0.783. The Balaban J connectivity index is 1.70. The van der Waals surface area contributed by atoms with Crippen molar-refractivity contribution in [1.29, 1.82) is 0 Å². The summed E-state index contributed by atoms with van der Waals surface area (Å²) in [6.45, 7) is 0.631. The van der Waals surface area contributed by atoms with E-state index in [1.54, 1.807) is 18.5 Å². The molecule has 3 rings (SSSR count). The normalized spacial score (nSPS) is 14.2. The molecule has 0 saturated heterocycles. The first kappa shape index (κ1) is 14.8. The van der Waals surface area contributed by atoms with Crippen molar-refractivity contribution in [3.8, 4) is 0 Å². The van der Waals surface area contributed by atoms with E-state index in [9.17, 15) is 4.79 Å². The Morgan fingerprint density at radius 2 is 2.05 bits per heavy atom. The molecule has 1 aromatic heterocycles. The zero-order chi connectivity index (χ0) is 15.4. The highest BCUT2D eigenvalue weighted by atomic mass is 35.5. The van der Waals surface area contributed by atoms with Crippen molar-refractivity contribution in [1.82, 2.24) is 9.88 Å². The molecule has 3 nitrogen and oxygen atoms in total. The van der Waals surface area contributed by atoms with Crippen LogP contribution in [0, 0.1) is 0 Å². The SMILES string of the molecule is O=C(/C=C/c1cccc(Cl)c1)N(Cc1ccncc1)C1CC1. The van der Waals surface area contributed by atoms with Gasteiger partial charge in [0.15, 0.2) is 0 Å². The lowest BCUT2D eigenvalue weighted by Crippen LogP contribution is -2.31. The highest BCUT2D eigenvalue weighted by molar-refractivity contribution is 6.30. The number of rotatable bonds is 5. The number of pyridine rings is 1. The van der Waals surface area contributed by atoms with Crippen molar-refractivity contribution in [2.45, 2.75) is 25.4 Å². The molecule has 22 heavy (non-hydrogen) atoms. The summed E-state index contributed by atoms with van der Waals surface area (Å²) in [7, 11) is 0. The van der Waals surface area contributed by atoms with Crippen LogP contribution < -0.4 is 0 Å². The van der Waals surface area contributed by atoms with Gasteiger partial charge in [-0.2, -0.15) is 0 Å². The lowest BCUT2D eigenvalue weighted by atomic mass is 10.2. The smallest absolute Gasteiger partial charge is 0.247 e. The molecular formula is C18H17ClN2O. The third-order valence-electron chi connectivity index (χ3n) is 3.64. The van der Waals surface area contributed by atoms with Gasteiger partial charge >= 0.3 is 0 Å². The van der Waals surface area contributed by atoms with Crippen LogP contribution in [0.4, 0.5) is 0 Å². The third-order valence-corrected chi connectivity index (χ3v) is 3.88. The monoisotopic (exact) mass is 312 g/mol. The van der Waals surface area contributed by atoms with E-state index in [4.69, 9.17) is 11.6 Å². The van der Waals surface area contributed by atoms with Crippen molar-refractivity contribution in [3.63, 3.8) is 0 Å². The second-order valence-electron chi connectivity index (χ2n) is 5.44. The fourth-order valence-corrected chi connectivity index (χ4v) is 2.53. The minimum atomic E-state index is 0.0410. The van der Waals surface area contributed by atoms with Crippen LogP contribution >= 0.6 is 11.6 Å². The Bertz CT molecular complexity index is 680. The average molecular weight is 313 g/mol. The number of nitrogens with zero attached hydrogens (tertiary/aromatic N) is 2. The van der Waals surface area contributed by atoms with E-state index in [2.05, 4.69) is 4.98 Å². The summed E-state index contributed by atoms with van der Waals surface area (Å²) in [5.74, 6) is 0.0410. The van der Waals surface area contributed by atoms with Gasteiger partial charge in [0.25, 0.3) is 0 Å². The molecule has 1 heterocycles. The van der Waals surface area contributed by atoms with E-state index in [0.717, 1.165) is 24.0 Å². The van der Waals surface area contributed by atoms with E-state index in [1.165, 1.54) is 0 Å². The molecule has 112 valence electrons. The third kappa shape index (κ3) is 3.95. The average Bonchev–Trinajstić information content (AvgIpc) is 3.36. The zero-order valence-corrected chi connectivity index (χ0v) is 12.9. The molecule has 0 N–H and O–H groups in total. The van der Waals surface area contributed by atoms with E-state index in [-0.39, 0.29) is 5.91 Å². The Morgan fingerprint density at radius 1 is 1.27 bits per heavy atom. The molecule has 2 aromatic rings. The Labute approximate surface area is 135 Å². The zero-order valence-electron chi connectivity index (χ0n) is 12.2. The van der Waals surface area contributed by atoms with Crippen molar-refractivity contribution in [2.24, 2.45) is 0 Å². The Kier molecular flexibility index (Phi) is 4.54. The number of hydrogen-bond donors (Lipinski definition) is 0. The number of halogens is 1. The predicted octanol–water partition coefficient (Wildman–Crippen LogP) is 3.94. The molecular weight excluding hydrogens is 296 g/mol. The van der Waals surface area contributed by atoms with Gasteiger partial charge in [0.05, 0.1) is 0 Å². The van der Waals surface area contributed by atoms with Crippen LogP contribution in [0.2, 0.25) is 5.02 Å². The van der Waals surface area contributed by atoms with E-state index >= 15 is 0 Å². The lowest BCUT2D eigenvalue weighted by molar-refractivity contribution is -0.127. The molecule has 0 atom stereocenters. The number of amides is 1. The Hall–Kier alpha value is -2.13. The van der Waals surface area contributed by atoms with Gasteiger partial charge in [0, 0.05) is 36.1 Å². The molecule has 0 unspecified atom stereocenters. The van der Waals surface area contributed by atoms with E-state index in [1.807, 2.05) is 47.4 Å². The molecule has 0 radical (unpaired) electrons. The van der Waals surface area contributed by atoms with Crippen LogP contribution in [0.5, 0.6) is 0 Å². The van der Waals surface area contributed by atoms with Crippen LogP contribution in [0.15, 0.2) is 54.9 Å². The number of carbonyl (C=O) groups excluding carboxylic acids is 1. The van der Waals surface area contributed by atoms with Crippen molar-refractivity contribution in [2.75, 3.05) is 0 Å². The van der Waals surface area contributed by atoms with Gasteiger partial charge in [-0.1, -0.05) is 23.7 Å². The fourth-order valence-electron chi connectivity index (χ4n) is 2.33. The standard InChI is InChI=1S/C18H17ClN2O/c19-16-3-1-2-14(12-16)4-7-18(22)21(17-5-6-17)13-15-8-10-20-11-9-15/h1-4,7-12,17H,5-6,13H2/b7-4+. The van der Waals surface area contributed by atoms with Crippen LogP contribution in [-0.4, -0.2) is 21.8 Å². The van der Waals surface area contributed by atoms with Crippen LogP contribution in [0.1, 0.15) is 24.0 Å². The summed E-state index contributed by atoms with van der Waals surface area (Å²) in [5.41, 5.74) is 2.03. The molecule has 1 amide bonds. The van der Waals surface area contributed by atoms with Crippen LogP contribution in [0.3, 0.4) is 0 Å². The van der Waals surface area contributed by atoms with Gasteiger partial charge in [0.1, 0.15) is 0 Å². The summed E-state index contributed by atoms with van der Waals surface area (Å²) >= 11 is 5.96. The van der Waals surface area contributed by atoms with Crippen molar-refractivity contribution in [3.05, 3.63) is 71.0 Å². The molecule has 0 aliphatic heterocycles. The topological polar surface area (TPSA) is 33.2 Å². The van der Waals surface area contributed by atoms with Crippen molar-refractivity contribution >= 4 is 23.6 Å². The molecule has 0 bridgehead atoms. The predicted molar refractivity (Wildman–Crippen MR) is 88.3 cm³/mol. The molecule has 1 fully saturated rings. The molecule has 1 saturated carbocycles. The molecule has 1 aromatic carbocycles. The molecule has 1 aliphatic rings. The summed E-state index contributed by atoms with van der Waals surface area (Å²) in [6, 6.07) is 11.7. The van der Waals surface area contributed by atoms with Gasteiger partial charge in [-0.15, -0.1) is 0 Å². The van der Waals surface area contributed by atoms with Gasteiger partial charge < -0.3 is 4.90 Å². The minimum absolute atomic E-state index is 0.0410. The first-order valence-corrected chi connectivity index (χ1v) is 7.73. The van der Waals surface area contributed by atoms with E-state index < -0.39 is 0 Å². The molecule has 1 aliphatic carbocycles. The number of benzene rings is 1. The number of carbonyl (C=O) groups is 1.